The molecule has 0 aromatic carbocycles. The molecular weight excluding hydrogens is 222 g/mol. The third-order valence-corrected chi connectivity index (χ3v) is 2.67. The summed E-state index contributed by atoms with van der Waals surface area (Å²) >= 11 is 0. The maximum absolute atomic E-state index is 10.9. The van der Waals surface area contributed by atoms with Gasteiger partial charge in [-0.05, 0) is 13.5 Å². The van der Waals surface area contributed by atoms with Gasteiger partial charge in [0.1, 0.15) is 5.69 Å². The molecule has 1 heterocycles. The minimum Gasteiger partial charge on any atom is -0.481 e. The van der Waals surface area contributed by atoms with Gasteiger partial charge in [-0.1, -0.05) is 6.92 Å². The van der Waals surface area contributed by atoms with E-state index in [0.717, 1.165) is 6.42 Å². The van der Waals surface area contributed by atoms with E-state index in [1.807, 2.05) is 14.0 Å². The van der Waals surface area contributed by atoms with Gasteiger partial charge in [-0.15, -0.1) is 0 Å². The lowest BCUT2D eigenvalue weighted by atomic mass is 10.1. The molecule has 1 unspecified atom stereocenters. The minimum atomic E-state index is -0.413. The number of nitro groups is 1. The van der Waals surface area contributed by atoms with E-state index in [1.54, 1.807) is 0 Å². The minimum absolute atomic E-state index is 0.0412. The highest BCUT2D eigenvalue weighted by molar-refractivity contribution is 5.38. The summed E-state index contributed by atoms with van der Waals surface area (Å²) in [6.45, 7) is 2.02. The van der Waals surface area contributed by atoms with Crippen molar-refractivity contribution in [2.75, 3.05) is 14.2 Å². The zero-order chi connectivity index (χ0) is 12.8. The number of likely N-dealkylation sites (N-methyl/N-ethyl adjacent to an activating group) is 1. The average Bonchev–Trinajstić information content (AvgIpc) is 2.35. The molecule has 0 saturated carbocycles. The van der Waals surface area contributed by atoms with Gasteiger partial charge in [0.15, 0.2) is 0 Å². The molecule has 1 aromatic rings. The van der Waals surface area contributed by atoms with Crippen LogP contribution in [-0.4, -0.2) is 30.1 Å². The van der Waals surface area contributed by atoms with Crippen molar-refractivity contribution < 1.29 is 9.66 Å². The summed E-state index contributed by atoms with van der Waals surface area (Å²) in [5.41, 5.74) is 0.495. The molecule has 0 fully saturated rings. The molecule has 1 rings (SSSR count). The second-order valence-electron chi connectivity index (χ2n) is 3.67. The Labute approximate surface area is 100 Å². The van der Waals surface area contributed by atoms with Gasteiger partial charge in [-0.3, -0.25) is 10.1 Å². The predicted molar refractivity (Wildman–Crippen MR) is 64.3 cm³/mol. The zero-order valence-corrected chi connectivity index (χ0v) is 10.3. The molecule has 0 spiro atoms. The number of ether oxygens (including phenoxy) is 1. The van der Waals surface area contributed by atoms with Crippen LogP contribution in [0.5, 0.6) is 5.88 Å². The van der Waals surface area contributed by atoms with Crippen LogP contribution in [0.2, 0.25) is 0 Å². The predicted octanol–water partition coefficient (Wildman–Crippen LogP) is 1.54. The standard InChI is InChI=1S/C11H17N3O3/c1-4-8(12-2)7-9-10(14(15)16)5-6-11(13-9)17-3/h5-6,8,12H,4,7H2,1-3H3. The second kappa shape index (κ2) is 6.15. The van der Waals surface area contributed by atoms with Gasteiger partial charge >= 0.3 is 0 Å². The maximum atomic E-state index is 10.9. The Morgan fingerprint density at radius 1 is 1.59 bits per heavy atom. The summed E-state index contributed by atoms with van der Waals surface area (Å²) in [7, 11) is 3.33. The van der Waals surface area contributed by atoms with Crippen LogP contribution in [0.15, 0.2) is 12.1 Å². The van der Waals surface area contributed by atoms with Gasteiger partial charge in [-0.25, -0.2) is 4.98 Å². The van der Waals surface area contributed by atoms with Crippen LogP contribution < -0.4 is 10.1 Å². The summed E-state index contributed by atoms with van der Waals surface area (Å²) in [5.74, 6) is 0.400. The Hall–Kier alpha value is -1.69. The molecule has 17 heavy (non-hydrogen) atoms. The summed E-state index contributed by atoms with van der Waals surface area (Å²) in [4.78, 5) is 14.6. The lowest BCUT2D eigenvalue weighted by Gasteiger charge is -2.13. The van der Waals surface area contributed by atoms with Crippen LogP contribution in [0, 0.1) is 10.1 Å². The molecule has 6 nitrogen and oxygen atoms in total. The SMILES string of the molecule is CCC(Cc1nc(OC)ccc1[N+](=O)[O-])NC. The van der Waals surface area contributed by atoms with Crippen molar-refractivity contribution in [2.24, 2.45) is 0 Å². The molecule has 0 saturated heterocycles. The normalized spacial score (nSPS) is 12.2. The van der Waals surface area contributed by atoms with Crippen LogP contribution in [-0.2, 0) is 6.42 Å². The van der Waals surface area contributed by atoms with Crippen LogP contribution >= 0.6 is 0 Å². The molecule has 1 aromatic heterocycles. The first kappa shape index (κ1) is 13.4. The van der Waals surface area contributed by atoms with Crippen molar-refractivity contribution in [1.29, 1.82) is 0 Å². The Bertz CT molecular complexity index is 392. The molecule has 0 aliphatic rings. The molecular formula is C11H17N3O3. The first-order chi connectivity index (χ1) is 8.12. The van der Waals surface area contributed by atoms with Gasteiger partial charge in [0.2, 0.25) is 5.88 Å². The van der Waals surface area contributed by atoms with Gasteiger partial charge in [0.05, 0.1) is 12.0 Å². The number of aromatic nitrogens is 1. The quantitative estimate of drug-likeness (QED) is 0.601. The molecule has 1 N–H and O–H groups in total. The van der Waals surface area contributed by atoms with Crippen molar-refractivity contribution in [3.05, 3.63) is 27.9 Å². The van der Waals surface area contributed by atoms with E-state index in [-0.39, 0.29) is 11.7 Å². The largest absolute Gasteiger partial charge is 0.481 e. The van der Waals surface area contributed by atoms with E-state index in [0.29, 0.717) is 18.0 Å². The second-order valence-corrected chi connectivity index (χ2v) is 3.67. The third kappa shape index (κ3) is 3.39. The Kier molecular flexibility index (Phi) is 4.84. The molecule has 0 radical (unpaired) electrons. The Morgan fingerprint density at radius 3 is 2.76 bits per heavy atom. The highest BCUT2D eigenvalue weighted by atomic mass is 16.6. The molecule has 0 amide bonds. The molecule has 1 atom stereocenters. The van der Waals surface area contributed by atoms with Crippen LogP contribution in [0.3, 0.4) is 0 Å². The average molecular weight is 239 g/mol. The summed E-state index contributed by atoms with van der Waals surface area (Å²) in [5, 5.41) is 14.0. The lowest BCUT2D eigenvalue weighted by molar-refractivity contribution is -0.386. The lowest BCUT2D eigenvalue weighted by Crippen LogP contribution is -2.27. The first-order valence-electron chi connectivity index (χ1n) is 5.47. The summed E-state index contributed by atoms with van der Waals surface area (Å²) in [6.07, 6.45) is 1.40. The zero-order valence-electron chi connectivity index (χ0n) is 10.3. The molecule has 0 bridgehead atoms. The van der Waals surface area contributed by atoms with Crippen molar-refractivity contribution >= 4 is 5.69 Å². The number of hydrogen-bond acceptors (Lipinski definition) is 5. The van der Waals surface area contributed by atoms with Crippen LogP contribution in [0.4, 0.5) is 5.69 Å². The topological polar surface area (TPSA) is 77.3 Å². The number of hydrogen-bond donors (Lipinski definition) is 1. The molecule has 94 valence electrons. The van der Waals surface area contributed by atoms with E-state index in [1.165, 1.54) is 19.2 Å². The fourth-order valence-electron chi connectivity index (χ4n) is 1.59. The van der Waals surface area contributed by atoms with Gasteiger partial charge in [0, 0.05) is 24.6 Å². The number of pyridine rings is 1. The summed E-state index contributed by atoms with van der Waals surface area (Å²) in [6, 6.07) is 3.11. The fraction of sp³-hybridized carbons (Fsp3) is 0.545. The van der Waals surface area contributed by atoms with Crippen molar-refractivity contribution in [3.63, 3.8) is 0 Å². The van der Waals surface area contributed by atoms with Crippen molar-refractivity contribution in [2.45, 2.75) is 25.8 Å². The van der Waals surface area contributed by atoms with Crippen LogP contribution in [0.1, 0.15) is 19.0 Å². The highest BCUT2D eigenvalue weighted by Crippen LogP contribution is 2.21. The Morgan fingerprint density at radius 2 is 2.29 bits per heavy atom. The number of rotatable bonds is 6. The van der Waals surface area contributed by atoms with E-state index in [2.05, 4.69) is 10.3 Å². The smallest absolute Gasteiger partial charge is 0.291 e. The number of nitrogens with one attached hydrogen (secondary N) is 1. The van der Waals surface area contributed by atoms with E-state index in [9.17, 15) is 10.1 Å². The van der Waals surface area contributed by atoms with Gasteiger partial charge < -0.3 is 10.1 Å². The van der Waals surface area contributed by atoms with E-state index >= 15 is 0 Å². The number of nitrogens with zero attached hydrogens (tertiary/aromatic N) is 2. The molecule has 0 aliphatic carbocycles. The summed E-state index contributed by atoms with van der Waals surface area (Å²) < 4.78 is 4.98. The number of methoxy groups -OCH3 is 1. The van der Waals surface area contributed by atoms with Gasteiger partial charge in [-0.2, -0.15) is 0 Å². The van der Waals surface area contributed by atoms with E-state index < -0.39 is 4.92 Å². The molecule has 6 heteroatoms. The van der Waals surface area contributed by atoms with E-state index in [4.69, 9.17) is 4.74 Å². The molecule has 0 aliphatic heterocycles. The Balaban J connectivity index is 3.04. The fourth-order valence-corrected chi connectivity index (χ4v) is 1.59. The maximum Gasteiger partial charge on any atom is 0.291 e. The third-order valence-electron chi connectivity index (χ3n) is 2.67. The van der Waals surface area contributed by atoms with Crippen molar-refractivity contribution in [3.8, 4) is 5.88 Å². The van der Waals surface area contributed by atoms with Crippen molar-refractivity contribution in [1.82, 2.24) is 10.3 Å². The monoisotopic (exact) mass is 239 g/mol. The van der Waals surface area contributed by atoms with Crippen LogP contribution in [0.25, 0.3) is 0 Å². The van der Waals surface area contributed by atoms with Gasteiger partial charge in [0.25, 0.3) is 5.69 Å². The first-order valence-corrected chi connectivity index (χ1v) is 5.47. The highest BCUT2D eigenvalue weighted by Gasteiger charge is 2.18.